The summed E-state index contributed by atoms with van der Waals surface area (Å²) in [6.45, 7) is 1.21. The molecule has 0 aromatic rings. The fourth-order valence-electron chi connectivity index (χ4n) is 0.654. The number of hydrogen-bond acceptors (Lipinski definition) is 7. The van der Waals surface area contributed by atoms with E-state index in [4.69, 9.17) is 10.2 Å². The van der Waals surface area contributed by atoms with Crippen LogP contribution >= 0.6 is 0 Å². The minimum absolute atomic E-state index is 0.417. The minimum atomic E-state index is -1.30. The summed E-state index contributed by atoms with van der Waals surface area (Å²) in [6, 6.07) is 0. The molecule has 0 spiro atoms. The van der Waals surface area contributed by atoms with Crippen molar-refractivity contribution in [1.82, 2.24) is 0 Å². The Morgan fingerprint density at radius 3 is 2.25 bits per heavy atom. The number of esters is 2. The SMILES string of the molecule is CC(=O)C(=O)OC(CO)COC(=O)[C@@H](C)O. The molecule has 0 aliphatic rings. The van der Waals surface area contributed by atoms with Gasteiger partial charge in [-0.25, -0.2) is 9.59 Å². The molecule has 0 aliphatic heterocycles. The van der Waals surface area contributed by atoms with Crippen molar-refractivity contribution in [3.8, 4) is 0 Å². The van der Waals surface area contributed by atoms with Gasteiger partial charge >= 0.3 is 11.9 Å². The van der Waals surface area contributed by atoms with Crippen LogP contribution in [0.15, 0.2) is 0 Å². The monoisotopic (exact) mass is 234 g/mol. The van der Waals surface area contributed by atoms with Gasteiger partial charge in [0.2, 0.25) is 5.78 Å². The van der Waals surface area contributed by atoms with Crippen LogP contribution in [0.1, 0.15) is 13.8 Å². The van der Waals surface area contributed by atoms with Crippen molar-refractivity contribution in [3.63, 3.8) is 0 Å². The van der Waals surface area contributed by atoms with E-state index in [0.717, 1.165) is 6.92 Å². The minimum Gasteiger partial charge on any atom is -0.460 e. The first-order valence-corrected chi connectivity index (χ1v) is 4.55. The van der Waals surface area contributed by atoms with E-state index >= 15 is 0 Å². The van der Waals surface area contributed by atoms with E-state index in [0.29, 0.717) is 0 Å². The molecular weight excluding hydrogens is 220 g/mol. The maximum absolute atomic E-state index is 10.8. The van der Waals surface area contributed by atoms with Crippen molar-refractivity contribution in [2.45, 2.75) is 26.1 Å². The molecule has 0 aliphatic carbocycles. The van der Waals surface area contributed by atoms with Gasteiger partial charge in [0, 0.05) is 6.92 Å². The van der Waals surface area contributed by atoms with Gasteiger partial charge in [0.1, 0.15) is 12.7 Å². The third kappa shape index (κ3) is 5.42. The van der Waals surface area contributed by atoms with Crippen molar-refractivity contribution in [2.24, 2.45) is 0 Å². The lowest BCUT2D eigenvalue weighted by atomic mass is 10.3. The highest BCUT2D eigenvalue weighted by atomic mass is 16.6. The molecule has 0 saturated heterocycles. The highest BCUT2D eigenvalue weighted by Gasteiger charge is 2.19. The molecule has 7 heteroatoms. The number of aliphatic hydroxyl groups excluding tert-OH is 2. The number of Topliss-reactive ketones (excluding diaryl/α,β-unsaturated/α-hetero) is 1. The third-order valence-electron chi connectivity index (χ3n) is 1.52. The van der Waals surface area contributed by atoms with E-state index in [1.807, 2.05) is 0 Å². The molecule has 0 bridgehead atoms. The topological polar surface area (TPSA) is 110 Å². The van der Waals surface area contributed by atoms with Crippen molar-refractivity contribution in [2.75, 3.05) is 13.2 Å². The second kappa shape index (κ2) is 6.91. The highest BCUT2D eigenvalue weighted by molar-refractivity contribution is 6.32. The van der Waals surface area contributed by atoms with Crippen LogP contribution in [0, 0.1) is 0 Å². The van der Waals surface area contributed by atoms with Crippen LogP contribution in [0.4, 0.5) is 0 Å². The molecule has 92 valence electrons. The van der Waals surface area contributed by atoms with Crippen LogP contribution in [-0.2, 0) is 23.9 Å². The fraction of sp³-hybridized carbons (Fsp3) is 0.667. The predicted molar refractivity (Wildman–Crippen MR) is 50.3 cm³/mol. The normalized spacial score (nSPS) is 13.8. The maximum Gasteiger partial charge on any atom is 0.374 e. The number of ketones is 1. The zero-order valence-corrected chi connectivity index (χ0v) is 9.00. The van der Waals surface area contributed by atoms with Gasteiger partial charge in [0.25, 0.3) is 0 Å². The molecule has 1 unspecified atom stereocenters. The number of carbonyl (C=O) groups excluding carboxylic acids is 3. The van der Waals surface area contributed by atoms with E-state index in [9.17, 15) is 14.4 Å². The standard InChI is InChI=1S/C9H14O7/c1-5(11)8(13)15-4-7(3-10)16-9(14)6(2)12/h5,7,10-11H,3-4H2,1-2H3/t5-,7?/m1/s1. The Balaban J connectivity index is 4.07. The molecule has 0 amide bonds. The molecule has 7 nitrogen and oxygen atoms in total. The molecule has 0 fully saturated rings. The maximum atomic E-state index is 10.8. The van der Waals surface area contributed by atoms with E-state index < -0.39 is 43.1 Å². The highest BCUT2D eigenvalue weighted by Crippen LogP contribution is 1.96. The molecule has 2 N–H and O–H groups in total. The summed E-state index contributed by atoms with van der Waals surface area (Å²) in [5, 5.41) is 17.5. The van der Waals surface area contributed by atoms with E-state index in [1.165, 1.54) is 6.92 Å². The van der Waals surface area contributed by atoms with Crippen molar-refractivity contribution in [3.05, 3.63) is 0 Å². The first-order valence-electron chi connectivity index (χ1n) is 4.55. The first kappa shape index (κ1) is 14.5. The summed E-state index contributed by atoms with van der Waals surface area (Å²) in [5.41, 5.74) is 0. The van der Waals surface area contributed by atoms with E-state index in [1.54, 1.807) is 0 Å². The summed E-state index contributed by atoms with van der Waals surface area (Å²) in [6.07, 6.45) is -2.41. The summed E-state index contributed by atoms with van der Waals surface area (Å²) in [5.74, 6) is -2.84. The van der Waals surface area contributed by atoms with Crippen molar-refractivity contribution in [1.29, 1.82) is 0 Å². The molecule has 0 radical (unpaired) electrons. The van der Waals surface area contributed by atoms with Crippen molar-refractivity contribution >= 4 is 17.7 Å². The van der Waals surface area contributed by atoms with Gasteiger partial charge < -0.3 is 19.7 Å². The molecule has 0 aromatic carbocycles. The van der Waals surface area contributed by atoms with Gasteiger partial charge in [0.15, 0.2) is 6.10 Å². The zero-order chi connectivity index (χ0) is 12.7. The summed E-state index contributed by atoms with van der Waals surface area (Å²) in [7, 11) is 0. The predicted octanol–water partition coefficient (Wildman–Crippen LogP) is -1.60. The van der Waals surface area contributed by atoms with Crippen LogP contribution in [-0.4, -0.2) is 53.4 Å². The Morgan fingerprint density at radius 2 is 1.88 bits per heavy atom. The number of aliphatic hydroxyl groups is 2. The molecule has 0 heterocycles. The Morgan fingerprint density at radius 1 is 1.31 bits per heavy atom. The van der Waals surface area contributed by atoms with Gasteiger partial charge in [-0.1, -0.05) is 0 Å². The molecule has 16 heavy (non-hydrogen) atoms. The second-order valence-corrected chi connectivity index (χ2v) is 3.07. The fourth-order valence-corrected chi connectivity index (χ4v) is 0.654. The Hall–Kier alpha value is -1.47. The Kier molecular flexibility index (Phi) is 6.28. The summed E-state index contributed by atoms with van der Waals surface area (Å²) < 4.78 is 8.99. The Labute approximate surface area is 92.0 Å². The first-order chi connectivity index (χ1) is 7.38. The van der Waals surface area contributed by atoms with Crippen LogP contribution in [0.25, 0.3) is 0 Å². The van der Waals surface area contributed by atoms with E-state index in [2.05, 4.69) is 9.47 Å². The number of rotatable bonds is 6. The molecular formula is C9H14O7. The lowest BCUT2D eigenvalue weighted by Crippen LogP contribution is -2.32. The largest absolute Gasteiger partial charge is 0.460 e. The van der Waals surface area contributed by atoms with Crippen LogP contribution in [0.3, 0.4) is 0 Å². The molecule has 2 atom stereocenters. The number of carbonyl (C=O) groups is 3. The van der Waals surface area contributed by atoms with Gasteiger partial charge in [-0.2, -0.15) is 0 Å². The Bertz CT molecular complexity index is 271. The summed E-state index contributed by atoms with van der Waals surface area (Å²) >= 11 is 0. The van der Waals surface area contributed by atoms with Gasteiger partial charge in [0.05, 0.1) is 6.61 Å². The van der Waals surface area contributed by atoms with Gasteiger partial charge in [-0.3, -0.25) is 4.79 Å². The van der Waals surface area contributed by atoms with Crippen molar-refractivity contribution < 1.29 is 34.1 Å². The quantitative estimate of drug-likeness (QED) is 0.420. The zero-order valence-electron chi connectivity index (χ0n) is 9.00. The average Bonchev–Trinajstić information content (AvgIpc) is 2.22. The lowest BCUT2D eigenvalue weighted by Gasteiger charge is -2.15. The lowest BCUT2D eigenvalue weighted by molar-refractivity contribution is -0.167. The number of hydrogen-bond donors (Lipinski definition) is 2. The third-order valence-corrected chi connectivity index (χ3v) is 1.52. The van der Waals surface area contributed by atoms with Gasteiger partial charge in [-0.15, -0.1) is 0 Å². The number of ether oxygens (including phenoxy) is 2. The second-order valence-electron chi connectivity index (χ2n) is 3.07. The van der Waals surface area contributed by atoms with Crippen LogP contribution < -0.4 is 0 Å². The van der Waals surface area contributed by atoms with E-state index in [-0.39, 0.29) is 0 Å². The van der Waals surface area contributed by atoms with Crippen LogP contribution in [0.5, 0.6) is 0 Å². The average molecular weight is 234 g/mol. The molecule has 0 saturated carbocycles. The van der Waals surface area contributed by atoms with Crippen LogP contribution in [0.2, 0.25) is 0 Å². The van der Waals surface area contributed by atoms with Gasteiger partial charge in [-0.05, 0) is 6.92 Å². The summed E-state index contributed by atoms with van der Waals surface area (Å²) in [4.78, 5) is 32.2. The smallest absolute Gasteiger partial charge is 0.374 e. The molecule has 0 aromatic heterocycles. The molecule has 0 rings (SSSR count).